The van der Waals surface area contributed by atoms with Crippen LogP contribution in [0.25, 0.3) is 6.08 Å². The number of carbonyl (C=O) groups is 3. The second-order valence-electron chi connectivity index (χ2n) is 11.0. The summed E-state index contributed by atoms with van der Waals surface area (Å²) in [7, 11) is 1.50. The third-order valence-electron chi connectivity index (χ3n) is 8.34. The summed E-state index contributed by atoms with van der Waals surface area (Å²) >= 11 is 4.38. The highest BCUT2D eigenvalue weighted by molar-refractivity contribution is 9.10. The van der Waals surface area contributed by atoms with Gasteiger partial charge in [-0.05, 0) is 125 Å². The predicted molar refractivity (Wildman–Crippen MR) is 145 cm³/mol. The van der Waals surface area contributed by atoms with Gasteiger partial charge in [-0.2, -0.15) is 0 Å². The zero-order valence-electron chi connectivity index (χ0n) is 20.9. The number of nitrogens with zero attached hydrogens (tertiary/aromatic N) is 1. The molecule has 6 nitrogen and oxygen atoms in total. The molecule has 1 aliphatic heterocycles. The van der Waals surface area contributed by atoms with E-state index in [-0.39, 0.29) is 23.2 Å². The van der Waals surface area contributed by atoms with Gasteiger partial charge in [-0.25, -0.2) is 4.39 Å². The van der Waals surface area contributed by atoms with Gasteiger partial charge in [-0.3, -0.25) is 19.3 Å². The Bertz CT molecular complexity index is 1320. The number of hydrogen-bond acceptors (Lipinski definition) is 6. The number of amides is 2. The zero-order chi connectivity index (χ0) is 26.6. The Morgan fingerprint density at radius 3 is 2.34 bits per heavy atom. The molecule has 0 aromatic heterocycles. The molecule has 2 aromatic carbocycles. The van der Waals surface area contributed by atoms with Gasteiger partial charge in [0.1, 0.15) is 5.82 Å². The molecule has 0 unspecified atom stereocenters. The molecule has 2 amide bonds. The van der Waals surface area contributed by atoms with E-state index < -0.39 is 16.6 Å². The standard InChI is InChI=1S/C29H27BrFNO5S/c1-36-23-10-17(11-24-26(33)32(28(35)38-24)15-16-2-4-21(31)5-3-16)9-22(30)25(23)37-27(34)29-12-18-6-19(13-29)8-20(7-18)14-29/h2-5,9-11,18-20H,6-8,12-15H2,1H3/b24-11-. The summed E-state index contributed by atoms with van der Waals surface area (Å²) in [5.41, 5.74) is 0.876. The summed E-state index contributed by atoms with van der Waals surface area (Å²) in [6, 6.07) is 9.14. The van der Waals surface area contributed by atoms with Crippen LogP contribution in [0.4, 0.5) is 9.18 Å². The number of hydrogen-bond donors (Lipinski definition) is 0. The summed E-state index contributed by atoms with van der Waals surface area (Å²) in [4.78, 5) is 40.4. The molecule has 4 bridgehead atoms. The molecule has 4 aliphatic carbocycles. The fourth-order valence-electron chi connectivity index (χ4n) is 7.04. The molecule has 198 valence electrons. The third-order valence-corrected chi connectivity index (χ3v) is 9.84. The van der Waals surface area contributed by atoms with Gasteiger partial charge in [0, 0.05) is 0 Å². The van der Waals surface area contributed by atoms with Crippen LogP contribution in [-0.4, -0.2) is 29.1 Å². The summed E-state index contributed by atoms with van der Waals surface area (Å²) in [5, 5.41) is -0.391. The maximum atomic E-state index is 13.5. The van der Waals surface area contributed by atoms with Crippen LogP contribution in [0.1, 0.15) is 49.7 Å². The third kappa shape index (κ3) is 4.68. The molecule has 9 heteroatoms. The van der Waals surface area contributed by atoms with Crippen molar-refractivity contribution >= 4 is 50.9 Å². The number of imide groups is 1. The average Bonchev–Trinajstić information content (AvgIpc) is 3.13. The van der Waals surface area contributed by atoms with Crippen LogP contribution in [0.5, 0.6) is 11.5 Å². The number of benzene rings is 2. The van der Waals surface area contributed by atoms with Crippen molar-refractivity contribution in [2.75, 3.05) is 7.11 Å². The molecule has 0 atom stereocenters. The summed E-state index contributed by atoms with van der Waals surface area (Å²) in [6.45, 7) is 0.0640. The Hall–Kier alpha value is -2.65. The fourth-order valence-corrected chi connectivity index (χ4v) is 8.42. The first kappa shape index (κ1) is 25.6. The van der Waals surface area contributed by atoms with E-state index >= 15 is 0 Å². The van der Waals surface area contributed by atoms with E-state index in [1.54, 1.807) is 30.3 Å². The maximum absolute atomic E-state index is 13.5. The highest BCUT2D eigenvalue weighted by Gasteiger charge is 2.55. The Balaban J connectivity index is 1.21. The molecule has 38 heavy (non-hydrogen) atoms. The van der Waals surface area contributed by atoms with E-state index in [1.165, 1.54) is 38.5 Å². The van der Waals surface area contributed by atoms with Crippen molar-refractivity contribution in [3.05, 3.63) is 62.7 Å². The number of ether oxygens (including phenoxy) is 2. The van der Waals surface area contributed by atoms with Crippen molar-refractivity contribution in [2.45, 2.75) is 45.1 Å². The molecule has 5 aliphatic rings. The van der Waals surface area contributed by atoms with Crippen LogP contribution in [0.2, 0.25) is 0 Å². The number of halogens is 2. The number of thioether (sulfide) groups is 1. The molecule has 0 N–H and O–H groups in total. The lowest BCUT2D eigenvalue weighted by molar-refractivity contribution is -0.161. The van der Waals surface area contributed by atoms with Crippen molar-refractivity contribution < 1.29 is 28.2 Å². The predicted octanol–water partition coefficient (Wildman–Crippen LogP) is 6.96. The summed E-state index contributed by atoms with van der Waals surface area (Å²) in [6.07, 6.45) is 8.06. The quantitative estimate of drug-likeness (QED) is 0.203. The molecular weight excluding hydrogens is 573 g/mol. The lowest BCUT2D eigenvalue weighted by Crippen LogP contribution is -2.51. The Morgan fingerprint density at radius 2 is 1.74 bits per heavy atom. The van der Waals surface area contributed by atoms with Crippen molar-refractivity contribution in [3.63, 3.8) is 0 Å². The van der Waals surface area contributed by atoms with E-state index in [2.05, 4.69) is 15.9 Å². The SMILES string of the molecule is COc1cc(/C=C2\SC(=O)N(Cc3ccc(F)cc3)C2=O)cc(Br)c1OC(=O)C12CC3CC(CC(C3)C1)C2. The minimum absolute atomic E-state index is 0.0640. The highest BCUT2D eigenvalue weighted by Crippen LogP contribution is 2.60. The molecule has 7 rings (SSSR count). The first-order valence-corrected chi connectivity index (χ1v) is 14.4. The van der Waals surface area contributed by atoms with Crippen LogP contribution in [0.3, 0.4) is 0 Å². The molecule has 0 spiro atoms. The lowest BCUT2D eigenvalue weighted by Gasteiger charge is -2.55. The van der Waals surface area contributed by atoms with Gasteiger partial charge < -0.3 is 9.47 Å². The number of carbonyl (C=O) groups excluding carboxylic acids is 3. The highest BCUT2D eigenvalue weighted by atomic mass is 79.9. The Labute approximate surface area is 233 Å². The maximum Gasteiger partial charge on any atom is 0.317 e. The first-order valence-electron chi connectivity index (χ1n) is 12.8. The van der Waals surface area contributed by atoms with Gasteiger partial charge in [0.05, 0.1) is 28.4 Å². The van der Waals surface area contributed by atoms with Gasteiger partial charge in [-0.1, -0.05) is 12.1 Å². The Kier molecular flexibility index (Phi) is 6.63. The smallest absolute Gasteiger partial charge is 0.317 e. The van der Waals surface area contributed by atoms with Crippen molar-refractivity contribution in [1.29, 1.82) is 0 Å². The molecule has 0 radical (unpaired) electrons. The van der Waals surface area contributed by atoms with E-state index in [9.17, 15) is 18.8 Å². The second kappa shape index (κ2) is 9.83. The molecule has 2 aromatic rings. The van der Waals surface area contributed by atoms with Gasteiger partial charge in [0.15, 0.2) is 11.5 Å². The van der Waals surface area contributed by atoms with Crippen LogP contribution >= 0.6 is 27.7 Å². The van der Waals surface area contributed by atoms with E-state index in [4.69, 9.17) is 9.47 Å². The van der Waals surface area contributed by atoms with E-state index in [0.717, 1.165) is 35.9 Å². The van der Waals surface area contributed by atoms with Crippen LogP contribution in [0.15, 0.2) is 45.8 Å². The topological polar surface area (TPSA) is 72.9 Å². The largest absolute Gasteiger partial charge is 0.493 e. The fraction of sp³-hybridized carbons (Fsp3) is 0.414. The number of esters is 1. The van der Waals surface area contributed by atoms with Gasteiger partial charge in [0.25, 0.3) is 11.1 Å². The molecule has 4 saturated carbocycles. The number of rotatable bonds is 6. The second-order valence-corrected chi connectivity index (χ2v) is 12.9. The zero-order valence-corrected chi connectivity index (χ0v) is 23.3. The van der Waals surface area contributed by atoms with Crippen LogP contribution < -0.4 is 9.47 Å². The normalized spacial score (nSPS) is 28.9. The van der Waals surface area contributed by atoms with Crippen LogP contribution in [0, 0.1) is 29.0 Å². The molecular formula is C29H27BrFNO5S. The van der Waals surface area contributed by atoms with Crippen molar-refractivity contribution in [3.8, 4) is 11.5 Å². The minimum Gasteiger partial charge on any atom is -0.493 e. The Morgan fingerprint density at radius 1 is 1.11 bits per heavy atom. The van der Waals surface area contributed by atoms with Gasteiger partial charge in [-0.15, -0.1) is 0 Å². The lowest BCUT2D eigenvalue weighted by atomic mass is 9.49. The van der Waals surface area contributed by atoms with Gasteiger partial charge in [0.2, 0.25) is 0 Å². The molecule has 1 saturated heterocycles. The van der Waals surface area contributed by atoms with Crippen molar-refractivity contribution in [2.24, 2.45) is 23.2 Å². The van der Waals surface area contributed by atoms with Crippen LogP contribution in [-0.2, 0) is 16.1 Å². The monoisotopic (exact) mass is 599 g/mol. The molecule has 5 fully saturated rings. The van der Waals surface area contributed by atoms with Crippen molar-refractivity contribution in [1.82, 2.24) is 4.90 Å². The summed E-state index contributed by atoms with van der Waals surface area (Å²) < 4.78 is 25.3. The van der Waals surface area contributed by atoms with E-state index in [1.807, 2.05) is 0 Å². The molecule has 1 heterocycles. The first-order chi connectivity index (χ1) is 18.2. The van der Waals surface area contributed by atoms with E-state index in [0.29, 0.717) is 44.9 Å². The minimum atomic E-state index is -0.420. The number of methoxy groups -OCH3 is 1. The average molecular weight is 601 g/mol. The van der Waals surface area contributed by atoms with Gasteiger partial charge >= 0.3 is 5.97 Å². The summed E-state index contributed by atoms with van der Waals surface area (Å²) in [5.74, 6) is 1.60.